The summed E-state index contributed by atoms with van der Waals surface area (Å²) in [7, 11) is 1.65. The first-order chi connectivity index (χ1) is 12.7. The number of benzene rings is 2. The van der Waals surface area contributed by atoms with Crippen LogP contribution in [0, 0.1) is 6.92 Å². The molecule has 0 saturated carbocycles. The zero-order valence-electron chi connectivity index (χ0n) is 15.2. The minimum absolute atomic E-state index is 0.194. The highest BCUT2D eigenvalue weighted by atomic mass is 16.5. The number of anilines is 1. The number of carbonyl (C=O) groups is 1. The molecule has 26 heavy (non-hydrogen) atoms. The van der Waals surface area contributed by atoms with E-state index in [1.54, 1.807) is 7.11 Å². The molecule has 2 aromatic carbocycles. The molecule has 2 aliphatic rings. The van der Waals surface area contributed by atoms with Crippen molar-refractivity contribution in [2.24, 2.45) is 0 Å². The van der Waals surface area contributed by atoms with Gasteiger partial charge in [0.2, 0.25) is 0 Å². The van der Waals surface area contributed by atoms with Crippen molar-refractivity contribution in [3.05, 3.63) is 53.1 Å². The Kier molecular flexibility index (Phi) is 4.55. The van der Waals surface area contributed by atoms with E-state index in [1.165, 1.54) is 0 Å². The lowest BCUT2D eigenvalue weighted by atomic mass is 9.89. The minimum Gasteiger partial charge on any atom is -0.496 e. The van der Waals surface area contributed by atoms with Crippen molar-refractivity contribution in [3.63, 3.8) is 0 Å². The molecular formula is C21H24N2O3. The number of hydrogen-bond acceptors (Lipinski definition) is 5. The molecule has 2 aromatic rings. The van der Waals surface area contributed by atoms with Gasteiger partial charge in [-0.05, 0) is 42.2 Å². The lowest BCUT2D eigenvalue weighted by molar-refractivity contribution is -0.137. The molecule has 0 spiro atoms. The zero-order chi connectivity index (χ0) is 18.1. The van der Waals surface area contributed by atoms with E-state index in [1.807, 2.05) is 31.2 Å². The number of fused-ring (bicyclic) bond motifs is 1. The highest BCUT2D eigenvalue weighted by Crippen LogP contribution is 2.37. The van der Waals surface area contributed by atoms with E-state index < -0.39 is 0 Å². The average molecular weight is 352 g/mol. The van der Waals surface area contributed by atoms with Crippen LogP contribution in [0.4, 0.5) is 5.69 Å². The second-order valence-corrected chi connectivity index (χ2v) is 6.94. The van der Waals surface area contributed by atoms with E-state index in [0.717, 1.165) is 54.3 Å². The van der Waals surface area contributed by atoms with E-state index in [2.05, 4.69) is 22.3 Å². The van der Waals surface area contributed by atoms with Crippen LogP contribution < -0.4 is 19.7 Å². The summed E-state index contributed by atoms with van der Waals surface area (Å²) in [4.78, 5) is 15.0. The third kappa shape index (κ3) is 3.15. The molecule has 2 aliphatic heterocycles. The number of nitrogens with zero attached hydrogens (tertiary/aromatic N) is 1. The average Bonchev–Trinajstić information content (AvgIpc) is 2.68. The van der Waals surface area contributed by atoms with Gasteiger partial charge in [0.25, 0.3) is 0 Å². The second kappa shape index (κ2) is 7.00. The van der Waals surface area contributed by atoms with Crippen LogP contribution in [0.2, 0.25) is 0 Å². The molecule has 5 nitrogen and oxygen atoms in total. The Morgan fingerprint density at radius 3 is 2.73 bits per heavy atom. The van der Waals surface area contributed by atoms with Crippen LogP contribution in [0.5, 0.6) is 11.5 Å². The number of piperazine rings is 1. The van der Waals surface area contributed by atoms with Gasteiger partial charge in [0.15, 0.2) is 0 Å². The summed E-state index contributed by atoms with van der Waals surface area (Å²) in [5.41, 5.74) is 4.19. The van der Waals surface area contributed by atoms with Crippen LogP contribution in [0.15, 0.2) is 36.4 Å². The van der Waals surface area contributed by atoms with Crippen molar-refractivity contribution in [1.82, 2.24) is 5.32 Å². The molecule has 1 saturated heterocycles. The van der Waals surface area contributed by atoms with Crippen LogP contribution in [-0.2, 0) is 11.2 Å². The number of hydrogen-bond donors (Lipinski definition) is 1. The summed E-state index contributed by atoms with van der Waals surface area (Å²) < 4.78 is 11.1. The topological polar surface area (TPSA) is 50.8 Å². The Morgan fingerprint density at radius 2 is 1.96 bits per heavy atom. The number of aryl methyl sites for hydroxylation is 1. The molecule has 1 fully saturated rings. The molecule has 0 amide bonds. The summed E-state index contributed by atoms with van der Waals surface area (Å²) in [6, 6.07) is 12.2. The van der Waals surface area contributed by atoms with E-state index in [-0.39, 0.29) is 11.9 Å². The van der Waals surface area contributed by atoms with E-state index in [9.17, 15) is 4.79 Å². The smallest absolute Gasteiger partial charge is 0.319 e. The van der Waals surface area contributed by atoms with Gasteiger partial charge in [-0.15, -0.1) is 0 Å². The molecule has 136 valence electrons. The summed E-state index contributed by atoms with van der Waals surface area (Å²) in [5, 5.41) is 3.35. The Hall–Kier alpha value is -2.53. The van der Waals surface area contributed by atoms with Gasteiger partial charge in [-0.25, -0.2) is 0 Å². The first-order valence-electron chi connectivity index (χ1n) is 9.10. The quantitative estimate of drug-likeness (QED) is 0.680. The van der Waals surface area contributed by atoms with Crippen LogP contribution in [0.3, 0.4) is 0 Å². The normalized spacial score (nSPS) is 19.7. The van der Waals surface area contributed by atoms with Crippen molar-refractivity contribution < 1.29 is 14.3 Å². The van der Waals surface area contributed by atoms with Gasteiger partial charge >= 0.3 is 5.97 Å². The van der Waals surface area contributed by atoms with Crippen molar-refractivity contribution in [3.8, 4) is 11.5 Å². The van der Waals surface area contributed by atoms with Gasteiger partial charge in [-0.2, -0.15) is 0 Å². The number of ether oxygens (including phenoxy) is 2. The zero-order valence-corrected chi connectivity index (χ0v) is 15.2. The van der Waals surface area contributed by atoms with Crippen LogP contribution in [-0.4, -0.2) is 39.3 Å². The molecule has 0 radical (unpaired) electrons. The summed E-state index contributed by atoms with van der Waals surface area (Å²) in [6.07, 6.45) is 0.655. The van der Waals surface area contributed by atoms with Crippen LogP contribution in [0.25, 0.3) is 0 Å². The molecule has 0 aliphatic carbocycles. The van der Waals surface area contributed by atoms with Gasteiger partial charge in [-0.1, -0.05) is 18.2 Å². The molecule has 1 atom stereocenters. The fourth-order valence-corrected chi connectivity index (χ4v) is 3.72. The molecule has 5 heteroatoms. The number of esters is 1. The molecule has 0 bridgehead atoms. The van der Waals surface area contributed by atoms with Gasteiger partial charge in [0, 0.05) is 37.9 Å². The highest BCUT2D eigenvalue weighted by molar-refractivity contribution is 5.83. The van der Waals surface area contributed by atoms with E-state index in [4.69, 9.17) is 9.47 Å². The lowest BCUT2D eigenvalue weighted by Crippen LogP contribution is -2.43. The lowest BCUT2D eigenvalue weighted by Gasteiger charge is -2.31. The Morgan fingerprint density at radius 1 is 1.15 bits per heavy atom. The van der Waals surface area contributed by atoms with Crippen LogP contribution >= 0.6 is 0 Å². The maximum absolute atomic E-state index is 12.6. The summed E-state index contributed by atoms with van der Waals surface area (Å²) >= 11 is 0. The maximum Gasteiger partial charge on any atom is 0.319 e. The van der Waals surface area contributed by atoms with Gasteiger partial charge in [-0.3, -0.25) is 4.79 Å². The number of nitrogens with one attached hydrogen (secondary N) is 1. The molecule has 2 heterocycles. The fourth-order valence-electron chi connectivity index (χ4n) is 3.72. The monoisotopic (exact) mass is 352 g/mol. The molecule has 1 N–H and O–H groups in total. The van der Waals surface area contributed by atoms with Crippen molar-refractivity contribution in [2.45, 2.75) is 19.3 Å². The SMILES string of the molecule is COc1cc(C2Cc3ccc(N4CCNCC4)cc3OC2=O)ccc1C. The Labute approximate surface area is 153 Å². The van der Waals surface area contributed by atoms with Gasteiger partial charge in [0.05, 0.1) is 13.0 Å². The summed E-state index contributed by atoms with van der Waals surface area (Å²) in [6.45, 7) is 5.90. The minimum atomic E-state index is -0.290. The fraction of sp³-hybridized carbons (Fsp3) is 0.381. The Bertz CT molecular complexity index is 828. The highest BCUT2D eigenvalue weighted by Gasteiger charge is 2.30. The van der Waals surface area contributed by atoms with Crippen molar-refractivity contribution >= 4 is 11.7 Å². The predicted octanol–water partition coefficient (Wildman–Crippen LogP) is 2.66. The Balaban J connectivity index is 1.59. The van der Waals surface area contributed by atoms with Gasteiger partial charge in [0.1, 0.15) is 11.5 Å². The van der Waals surface area contributed by atoms with Crippen LogP contribution in [0.1, 0.15) is 22.6 Å². The van der Waals surface area contributed by atoms with Gasteiger partial charge < -0.3 is 19.7 Å². The molecule has 4 rings (SSSR count). The van der Waals surface area contributed by atoms with E-state index >= 15 is 0 Å². The van der Waals surface area contributed by atoms with E-state index in [0.29, 0.717) is 12.2 Å². The standard InChI is InChI=1S/C21H24N2O3/c1-14-3-4-15(12-19(14)25-2)18-11-16-5-6-17(13-20(16)26-21(18)24)23-9-7-22-8-10-23/h3-6,12-13,18,22H,7-11H2,1-2H3. The largest absolute Gasteiger partial charge is 0.496 e. The third-order valence-corrected chi connectivity index (χ3v) is 5.29. The number of methoxy groups -OCH3 is 1. The second-order valence-electron chi connectivity index (χ2n) is 6.94. The summed E-state index contributed by atoms with van der Waals surface area (Å²) in [5.74, 6) is 1.01. The maximum atomic E-state index is 12.6. The molecular weight excluding hydrogens is 328 g/mol. The first kappa shape index (κ1) is 16.9. The molecule has 1 unspecified atom stereocenters. The van der Waals surface area contributed by atoms with Crippen molar-refractivity contribution in [1.29, 1.82) is 0 Å². The number of rotatable bonds is 3. The first-order valence-corrected chi connectivity index (χ1v) is 9.10. The molecule has 0 aromatic heterocycles. The number of carbonyl (C=O) groups excluding carboxylic acids is 1. The third-order valence-electron chi connectivity index (χ3n) is 5.29. The van der Waals surface area contributed by atoms with Crippen molar-refractivity contribution in [2.75, 3.05) is 38.2 Å². The predicted molar refractivity (Wildman–Crippen MR) is 101 cm³/mol.